The van der Waals surface area contributed by atoms with Gasteiger partial charge in [-0.25, -0.2) is 4.99 Å². The van der Waals surface area contributed by atoms with Crippen molar-refractivity contribution in [2.24, 2.45) is 22.1 Å². The van der Waals surface area contributed by atoms with Crippen LogP contribution in [0.15, 0.2) is 41.2 Å². The SMILES string of the molecule is CN/C=C(\CN)c1cc(C#N)cc(CC2OC2NC2=NC(C)=CC(N3CC[C@@](C)(C4CC4)C3=O)C2)c1. The van der Waals surface area contributed by atoms with Crippen LogP contribution >= 0.6 is 0 Å². The van der Waals surface area contributed by atoms with Gasteiger partial charge in [0.1, 0.15) is 11.9 Å². The molecule has 1 aromatic rings. The molecule has 5 rings (SSSR count). The van der Waals surface area contributed by atoms with Gasteiger partial charge in [-0.15, -0.1) is 0 Å². The van der Waals surface area contributed by atoms with Crippen LogP contribution in [0.4, 0.5) is 0 Å². The Morgan fingerprint density at radius 3 is 2.89 bits per heavy atom. The minimum absolute atomic E-state index is 0.000313. The van der Waals surface area contributed by atoms with Gasteiger partial charge in [0.15, 0.2) is 6.23 Å². The average Bonchev–Trinajstić information content (AvgIpc) is 3.79. The number of ether oxygens (including phenoxy) is 1. The van der Waals surface area contributed by atoms with E-state index in [9.17, 15) is 10.1 Å². The van der Waals surface area contributed by atoms with E-state index in [2.05, 4.69) is 40.7 Å². The Bertz CT molecular complexity index is 1180. The Morgan fingerprint density at radius 2 is 2.19 bits per heavy atom. The molecule has 0 spiro atoms. The lowest BCUT2D eigenvalue weighted by Crippen LogP contribution is -2.44. The minimum atomic E-state index is -0.183. The van der Waals surface area contributed by atoms with Gasteiger partial charge in [0.05, 0.1) is 23.1 Å². The first kappa shape index (κ1) is 24.5. The summed E-state index contributed by atoms with van der Waals surface area (Å²) in [4.78, 5) is 20.0. The van der Waals surface area contributed by atoms with Crippen molar-refractivity contribution in [3.63, 3.8) is 0 Å². The molecule has 2 saturated heterocycles. The Balaban J connectivity index is 1.21. The highest BCUT2D eigenvalue weighted by Gasteiger charge is 2.53. The molecule has 4 aliphatic rings. The topological polar surface area (TPSA) is 119 Å². The summed E-state index contributed by atoms with van der Waals surface area (Å²) in [5.74, 6) is 1.73. The first-order valence-electron chi connectivity index (χ1n) is 12.9. The fraction of sp³-hybridized carbons (Fsp3) is 0.536. The molecule has 36 heavy (non-hydrogen) atoms. The van der Waals surface area contributed by atoms with E-state index < -0.39 is 0 Å². The fourth-order valence-electron chi connectivity index (χ4n) is 5.74. The molecule has 4 atom stereocenters. The summed E-state index contributed by atoms with van der Waals surface area (Å²) in [5.41, 5.74) is 10.2. The van der Waals surface area contributed by atoms with Crippen molar-refractivity contribution in [3.05, 3.63) is 52.9 Å². The van der Waals surface area contributed by atoms with Crippen molar-refractivity contribution >= 4 is 17.3 Å². The van der Waals surface area contributed by atoms with E-state index in [4.69, 9.17) is 15.5 Å². The van der Waals surface area contributed by atoms with Crippen molar-refractivity contribution in [1.82, 2.24) is 15.5 Å². The second kappa shape index (κ2) is 9.72. The molecule has 1 aliphatic carbocycles. The fourth-order valence-corrected chi connectivity index (χ4v) is 5.74. The number of carbonyl (C=O) groups excluding carboxylic acids is 1. The number of allylic oxidation sites excluding steroid dienone is 1. The zero-order chi connectivity index (χ0) is 25.4. The van der Waals surface area contributed by atoms with E-state index in [0.29, 0.717) is 36.8 Å². The number of hydrogen-bond donors (Lipinski definition) is 3. The lowest BCUT2D eigenvalue weighted by atomic mass is 9.83. The van der Waals surface area contributed by atoms with Gasteiger partial charge in [0.2, 0.25) is 5.91 Å². The molecule has 0 bridgehead atoms. The van der Waals surface area contributed by atoms with Crippen LogP contribution in [0, 0.1) is 22.7 Å². The van der Waals surface area contributed by atoms with Gasteiger partial charge >= 0.3 is 0 Å². The number of nitrogens with one attached hydrogen (secondary N) is 2. The van der Waals surface area contributed by atoms with Crippen LogP contribution in [0.3, 0.4) is 0 Å². The van der Waals surface area contributed by atoms with Crippen LogP contribution in [-0.2, 0) is 16.0 Å². The molecular weight excluding hydrogens is 452 g/mol. The lowest BCUT2D eigenvalue weighted by molar-refractivity contribution is -0.137. The molecule has 1 aromatic carbocycles. The number of likely N-dealkylation sites (tertiary alicyclic amines) is 1. The molecule has 190 valence electrons. The van der Waals surface area contributed by atoms with Crippen LogP contribution in [-0.4, -0.2) is 55.2 Å². The second-order valence-corrected chi connectivity index (χ2v) is 10.7. The highest BCUT2D eigenvalue weighted by atomic mass is 16.6. The van der Waals surface area contributed by atoms with Gasteiger partial charge in [-0.1, -0.05) is 13.0 Å². The Morgan fingerprint density at radius 1 is 1.39 bits per heavy atom. The number of hydrogen-bond acceptors (Lipinski definition) is 7. The number of aliphatic imine (C=N–C) groups is 1. The number of nitriles is 1. The van der Waals surface area contributed by atoms with E-state index >= 15 is 0 Å². The molecule has 0 aromatic heterocycles. The molecule has 1 saturated carbocycles. The maximum atomic E-state index is 13.3. The molecular formula is C28H36N6O2. The molecule has 4 N–H and O–H groups in total. The summed E-state index contributed by atoms with van der Waals surface area (Å²) in [6.45, 7) is 5.34. The number of carbonyl (C=O) groups is 1. The predicted molar refractivity (Wildman–Crippen MR) is 140 cm³/mol. The van der Waals surface area contributed by atoms with E-state index in [1.807, 2.05) is 32.3 Å². The van der Waals surface area contributed by atoms with Gasteiger partial charge in [-0.2, -0.15) is 5.26 Å². The first-order chi connectivity index (χ1) is 17.3. The summed E-state index contributed by atoms with van der Waals surface area (Å²) in [6, 6.07) is 8.14. The van der Waals surface area contributed by atoms with Crippen LogP contribution in [0.1, 0.15) is 56.2 Å². The zero-order valence-electron chi connectivity index (χ0n) is 21.4. The van der Waals surface area contributed by atoms with Crippen molar-refractivity contribution in [3.8, 4) is 6.07 Å². The zero-order valence-corrected chi connectivity index (χ0v) is 21.4. The number of epoxide rings is 1. The molecule has 8 heteroatoms. The number of amidine groups is 1. The van der Waals surface area contributed by atoms with Crippen LogP contribution < -0.4 is 16.4 Å². The first-order valence-corrected chi connectivity index (χ1v) is 12.9. The van der Waals surface area contributed by atoms with Gasteiger partial charge in [-0.05, 0) is 67.0 Å². The summed E-state index contributed by atoms with van der Waals surface area (Å²) in [7, 11) is 1.83. The quantitative estimate of drug-likeness (QED) is 0.484. The highest BCUT2D eigenvalue weighted by Crippen LogP contribution is 2.51. The molecule has 8 nitrogen and oxygen atoms in total. The highest BCUT2D eigenvalue weighted by molar-refractivity contribution is 5.89. The summed E-state index contributed by atoms with van der Waals surface area (Å²) in [5, 5.41) is 16.0. The van der Waals surface area contributed by atoms with E-state index in [1.165, 1.54) is 12.8 Å². The Kier molecular flexibility index (Phi) is 6.62. The number of nitrogens with zero attached hydrogens (tertiary/aromatic N) is 3. The number of benzene rings is 1. The lowest BCUT2D eigenvalue weighted by Gasteiger charge is -2.31. The summed E-state index contributed by atoms with van der Waals surface area (Å²) < 4.78 is 5.93. The van der Waals surface area contributed by atoms with E-state index in [1.54, 1.807) is 0 Å². The molecule has 3 fully saturated rings. The third-order valence-corrected chi connectivity index (χ3v) is 8.01. The largest absolute Gasteiger partial charge is 0.394 e. The number of rotatable bonds is 8. The van der Waals surface area contributed by atoms with Gasteiger partial charge in [0.25, 0.3) is 0 Å². The van der Waals surface area contributed by atoms with Crippen molar-refractivity contribution in [2.45, 2.75) is 64.3 Å². The molecule has 3 heterocycles. The van der Waals surface area contributed by atoms with E-state index in [-0.39, 0.29) is 23.8 Å². The monoisotopic (exact) mass is 488 g/mol. The van der Waals surface area contributed by atoms with E-state index in [0.717, 1.165) is 41.2 Å². The van der Waals surface area contributed by atoms with Crippen LogP contribution in [0.25, 0.3) is 5.57 Å². The number of amides is 1. The number of nitrogens with two attached hydrogens (primary N) is 1. The molecule has 3 aliphatic heterocycles. The third-order valence-electron chi connectivity index (χ3n) is 8.01. The standard InChI is InChI=1S/C28H36N6O2/c1-17-8-23(34-7-6-28(2,27(34)35)22-4-5-22)13-25(32-17)33-26-24(36-26)12-18-9-19(14-29)11-20(10-18)21(15-30)16-31-3/h8-11,16,22-24,26,31H,4-7,12-13,15,30H2,1-3H3,(H,32,33)/b21-16+/t23?,24?,26?,28-/m0/s1. The second-order valence-electron chi connectivity index (χ2n) is 10.7. The molecule has 0 radical (unpaired) electrons. The van der Waals surface area contributed by atoms with Crippen molar-refractivity contribution in [2.75, 3.05) is 20.1 Å². The van der Waals surface area contributed by atoms with Crippen LogP contribution in [0.5, 0.6) is 0 Å². The van der Waals surface area contributed by atoms with Gasteiger partial charge in [0, 0.05) is 44.9 Å². The maximum absolute atomic E-state index is 13.3. The minimum Gasteiger partial charge on any atom is -0.394 e. The van der Waals surface area contributed by atoms with Crippen molar-refractivity contribution < 1.29 is 9.53 Å². The van der Waals surface area contributed by atoms with Gasteiger partial charge in [-0.3, -0.25) is 4.79 Å². The van der Waals surface area contributed by atoms with Crippen LogP contribution in [0.2, 0.25) is 0 Å². The Hall–Kier alpha value is -3.15. The smallest absolute Gasteiger partial charge is 0.229 e. The summed E-state index contributed by atoms with van der Waals surface area (Å²) >= 11 is 0. The average molecular weight is 489 g/mol. The normalized spacial score (nSPS) is 30.0. The predicted octanol–water partition coefficient (Wildman–Crippen LogP) is 2.66. The molecule has 3 unspecified atom stereocenters. The van der Waals surface area contributed by atoms with Crippen molar-refractivity contribution in [1.29, 1.82) is 5.26 Å². The third kappa shape index (κ3) is 4.91. The summed E-state index contributed by atoms with van der Waals surface area (Å²) in [6.07, 6.45) is 8.54. The maximum Gasteiger partial charge on any atom is 0.229 e. The Labute approximate surface area is 213 Å². The van der Waals surface area contributed by atoms with Gasteiger partial charge < -0.3 is 26.0 Å². The molecule has 1 amide bonds.